The van der Waals surface area contributed by atoms with E-state index in [1.165, 1.54) is 12.1 Å². The highest BCUT2D eigenvalue weighted by atomic mass is 19.3. The largest absolute Gasteiger partial charge is 0.389 e. The van der Waals surface area contributed by atoms with E-state index < -0.39 is 30.0 Å². The third-order valence-electron chi connectivity index (χ3n) is 5.64. The summed E-state index contributed by atoms with van der Waals surface area (Å²) in [5, 5.41) is 21.7. The van der Waals surface area contributed by atoms with Gasteiger partial charge in [0.15, 0.2) is 11.3 Å². The van der Waals surface area contributed by atoms with Gasteiger partial charge in [-0.05, 0) is 19.9 Å². The number of nitrogens with one attached hydrogen (secondary N) is 1. The monoisotopic (exact) mass is 443 g/mol. The molecule has 1 aliphatic rings. The van der Waals surface area contributed by atoms with Crippen molar-refractivity contribution < 1.29 is 18.3 Å². The van der Waals surface area contributed by atoms with Crippen LogP contribution in [0.15, 0.2) is 30.6 Å². The molecule has 5 rings (SSSR count). The van der Waals surface area contributed by atoms with Crippen LogP contribution in [0, 0.1) is 12.7 Å². The fourth-order valence-corrected chi connectivity index (χ4v) is 4.00. The summed E-state index contributed by atoms with van der Waals surface area (Å²) in [6.45, 7) is 4.33. The van der Waals surface area contributed by atoms with Gasteiger partial charge in [0.1, 0.15) is 23.8 Å². The van der Waals surface area contributed by atoms with Gasteiger partial charge in [0, 0.05) is 18.7 Å². The summed E-state index contributed by atoms with van der Waals surface area (Å²) in [6, 6.07) is 5.18. The number of rotatable bonds is 5. The maximum atomic E-state index is 14.7. The molecule has 32 heavy (non-hydrogen) atoms. The summed E-state index contributed by atoms with van der Waals surface area (Å²) in [5.41, 5.74) is 1.39. The van der Waals surface area contributed by atoms with Gasteiger partial charge in [-0.3, -0.25) is 4.40 Å². The quantitative estimate of drug-likeness (QED) is 0.488. The number of aliphatic hydroxyl groups is 1. The average molecular weight is 443 g/mol. The fourth-order valence-electron chi connectivity index (χ4n) is 4.00. The lowest BCUT2D eigenvalue weighted by molar-refractivity contribution is 0.142. The van der Waals surface area contributed by atoms with E-state index in [1.54, 1.807) is 24.6 Å². The first-order valence-electron chi connectivity index (χ1n) is 10.1. The van der Waals surface area contributed by atoms with Crippen LogP contribution in [0.5, 0.6) is 0 Å². The van der Waals surface area contributed by atoms with Crippen LogP contribution in [0.2, 0.25) is 0 Å². The van der Waals surface area contributed by atoms with Crippen LogP contribution in [-0.2, 0) is 0 Å². The number of fused-ring (bicyclic) bond motifs is 3. The second kappa shape index (κ2) is 7.59. The number of pyridine rings is 1. The van der Waals surface area contributed by atoms with E-state index in [4.69, 9.17) is 0 Å². The van der Waals surface area contributed by atoms with Crippen LogP contribution in [0.3, 0.4) is 0 Å². The number of aryl methyl sites for hydroxylation is 1. The van der Waals surface area contributed by atoms with E-state index in [1.807, 2.05) is 11.0 Å². The van der Waals surface area contributed by atoms with Crippen LogP contribution in [0.25, 0.3) is 16.7 Å². The van der Waals surface area contributed by atoms with Crippen molar-refractivity contribution in [1.29, 1.82) is 0 Å². The number of β-amino-alcohol motifs (C(OH)–C–C–N with tert-alkyl or cyclic N) is 1. The lowest BCUT2D eigenvalue weighted by Crippen LogP contribution is -2.51. The van der Waals surface area contributed by atoms with E-state index >= 15 is 0 Å². The normalized spacial score (nSPS) is 15.5. The van der Waals surface area contributed by atoms with Crippen molar-refractivity contribution in [3.05, 3.63) is 53.4 Å². The van der Waals surface area contributed by atoms with Crippen LogP contribution in [-0.4, -0.2) is 48.9 Å². The minimum Gasteiger partial charge on any atom is -0.389 e. The predicted molar refractivity (Wildman–Crippen MR) is 112 cm³/mol. The zero-order valence-electron chi connectivity index (χ0n) is 17.3. The number of hydrogen-bond acceptors (Lipinski definition) is 7. The minimum atomic E-state index is -2.90. The Morgan fingerprint density at radius 3 is 2.62 bits per heavy atom. The highest BCUT2D eigenvalue weighted by Gasteiger charge is 2.28. The van der Waals surface area contributed by atoms with Crippen molar-refractivity contribution in [2.45, 2.75) is 32.4 Å². The molecule has 1 fully saturated rings. The molecule has 1 atom stereocenters. The highest BCUT2D eigenvalue weighted by molar-refractivity contribution is 5.94. The number of hydrogen-bond donors (Lipinski definition) is 2. The first-order chi connectivity index (χ1) is 15.3. The summed E-state index contributed by atoms with van der Waals surface area (Å²) >= 11 is 0. The predicted octanol–water partition coefficient (Wildman–Crippen LogP) is 3.41. The molecule has 2 N–H and O–H groups in total. The SMILES string of the molecule is Cc1nc(N[C@H](C)c2cccc(C(F)F)c2F)c2cc(N3CC(O)C3)c3nncn3c2n1. The van der Waals surface area contributed by atoms with E-state index in [0.29, 0.717) is 41.4 Å². The van der Waals surface area contributed by atoms with E-state index in [-0.39, 0.29) is 5.56 Å². The Labute approximate surface area is 180 Å². The molecule has 0 bridgehead atoms. The molecule has 1 saturated heterocycles. The van der Waals surface area contributed by atoms with Gasteiger partial charge in [-0.25, -0.2) is 23.1 Å². The van der Waals surface area contributed by atoms with Crippen molar-refractivity contribution in [1.82, 2.24) is 24.6 Å². The van der Waals surface area contributed by atoms with Gasteiger partial charge in [0.05, 0.1) is 28.8 Å². The summed E-state index contributed by atoms with van der Waals surface area (Å²) < 4.78 is 42.7. The molecule has 1 aromatic carbocycles. The first kappa shape index (κ1) is 20.4. The van der Waals surface area contributed by atoms with Gasteiger partial charge in [-0.1, -0.05) is 18.2 Å². The molecule has 166 valence electrons. The third kappa shape index (κ3) is 3.29. The molecule has 4 heterocycles. The first-order valence-corrected chi connectivity index (χ1v) is 10.1. The number of nitrogens with zero attached hydrogens (tertiary/aromatic N) is 6. The van der Waals surface area contributed by atoms with Gasteiger partial charge in [-0.15, -0.1) is 10.2 Å². The van der Waals surface area contributed by atoms with Crippen LogP contribution >= 0.6 is 0 Å². The maximum absolute atomic E-state index is 14.7. The Morgan fingerprint density at radius 2 is 1.91 bits per heavy atom. The lowest BCUT2D eigenvalue weighted by atomic mass is 10.0. The second-order valence-corrected chi connectivity index (χ2v) is 7.89. The molecule has 1 aliphatic heterocycles. The Kier molecular flexibility index (Phi) is 4.85. The van der Waals surface area contributed by atoms with E-state index in [9.17, 15) is 18.3 Å². The zero-order chi connectivity index (χ0) is 22.6. The van der Waals surface area contributed by atoms with Gasteiger partial charge >= 0.3 is 0 Å². The Morgan fingerprint density at radius 1 is 1.16 bits per heavy atom. The average Bonchev–Trinajstić information content (AvgIpc) is 3.21. The maximum Gasteiger partial charge on any atom is 0.266 e. The summed E-state index contributed by atoms with van der Waals surface area (Å²) in [6.07, 6.45) is -1.77. The molecule has 11 heteroatoms. The summed E-state index contributed by atoms with van der Waals surface area (Å²) in [7, 11) is 0. The molecule has 0 amide bonds. The molecule has 0 spiro atoms. The number of anilines is 2. The van der Waals surface area contributed by atoms with Crippen molar-refractivity contribution >= 4 is 28.2 Å². The van der Waals surface area contributed by atoms with Crippen molar-refractivity contribution in [3.8, 4) is 0 Å². The minimum absolute atomic E-state index is 0.115. The number of benzene rings is 1. The summed E-state index contributed by atoms with van der Waals surface area (Å²) in [4.78, 5) is 11.0. The molecule has 0 aliphatic carbocycles. The third-order valence-corrected chi connectivity index (χ3v) is 5.64. The van der Waals surface area contributed by atoms with E-state index in [0.717, 1.165) is 11.8 Å². The topological polar surface area (TPSA) is 91.5 Å². The number of halogens is 3. The van der Waals surface area contributed by atoms with Crippen LogP contribution in [0.4, 0.5) is 24.7 Å². The van der Waals surface area contributed by atoms with Gasteiger partial charge in [-0.2, -0.15) is 0 Å². The van der Waals surface area contributed by atoms with Gasteiger partial charge in [0.25, 0.3) is 6.43 Å². The molecule has 0 saturated carbocycles. The van der Waals surface area contributed by atoms with Gasteiger partial charge in [0.2, 0.25) is 0 Å². The molecular formula is C21H20F3N7O. The zero-order valence-corrected chi connectivity index (χ0v) is 17.3. The molecular weight excluding hydrogens is 423 g/mol. The number of aliphatic hydroxyl groups excluding tert-OH is 1. The standard InChI is InChI=1S/C21H20F3N7O/c1-10(13-4-3-5-14(17(13)22)18(23)24)26-19-15-6-16(30-7-12(32)8-30)21-29-25-9-31(21)20(15)28-11(2)27-19/h3-6,9-10,12,18,32H,7-8H2,1-2H3,(H,26,27,28)/t10-/m1/s1. The van der Waals surface area contributed by atoms with Crippen LogP contribution < -0.4 is 10.2 Å². The Balaban J connectivity index is 1.61. The molecule has 3 aromatic heterocycles. The second-order valence-electron chi connectivity index (χ2n) is 7.89. The van der Waals surface area contributed by atoms with Crippen molar-refractivity contribution in [2.24, 2.45) is 0 Å². The van der Waals surface area contributed by atoms with E-state index in [2.05, 4.69) is 25.5 Å². The fraction of sp³-hybridized carbons (Fsp3) is 0.333. The highest BCUT2D eigenvalue weighted by Crippen LogP contribution is 2.34. The summed E-state index contributed by atoms with van der Waals surface area (Å²) in [5.74, 6) is -0.0371. The molecule has 0 unspecified atom stereocenters. The lowest BCUT2D eigenvalue weighted by Gasteiger charge is -2.37. The smallest absolute Gasteiger partial charge is 0.266 e. The molecule has 8 nitrogen and oxygen atoms in total. The number of aromatic nitrogens is 5. The Hall–Kier alpha value is -3.47. The van der Waals surface area contributed by atoms with Crippen molar-refractivity contribution in [3.63, 3.8) is 0 Å². The van der Waals surface area contributed by atoms with Gasteiger partial charge < -0.3 is 15.3 Å². The Bertz CT molecular complexity index is 1320. The van der Waals surface area contributed by atoms with Crippen LogP contribution in [0.1, 0.15) is 36.3 Å². The number of alkyl halides is 2. The molecule has 0 radical (unpaired) electrons. The molecule has 4 aromatic rings. The van der Waals surface area contributed by atoms with Crippen molar-refractivity contribution in [2.75, 3.05) is 23.3 Å².